The fourth-order valence-corrected chi connectivity index (χ4v) is 4.11. The number of likely N-dealkylation sites (N-methyl/N-ethyl adjacent to an activating group) is 1. The monoisotopic (exact) mass is 356 g/mol. The zero-order chi connectivity index (χ0) is 16.6. The average molecular weight is 356 g/mol. The average Bonchev–Trinajstić information content (AvgIpc) is 3.15. The van der Waals surface area contributed by atoms with Gasteiger partial charge in [-0.25, -0.2) is 17.7 Å². The number of carbonyl (C=O) groups excluding carboxylic acids is 1. The molecule has 0 aromatic carbocycles. The van der Waals surface area contributed by atoms with Crippen LogP contribution in [0.3, 0.4) is 0 Å². The maximum absolute atomic E-state index is 12.0. The van der Waals surface area contributed by atoms with Gasteiger partial charge < -0.3 is 4.55 Å². The molecule has 0 spiro atoms. The second-order valence-electron chi connectivity index (χ2n) is 6.72. The van der Waals surface area contributed by atoms with Crippen molar-refractivity contribution in [2.24, 2.45) is 0 Å². The third-order valence-electron chi connectivity index (χ3n) is 4.68. The van der Waals surface area contributed by atoms with E-state index in [0.717, 1.165) is 19.3 Å². The van der Waals surface area contributed by atoms with Crippen molar-refractivity contribution < 1.29 is 51.8 Å². The van der Waals surface area contributed by atoms with E-state index in [1.807, 2.05) is 0 Å². The van der Waals surface area contributed by atoms with Crippen LogP contribution >= 0.6 is 0 Å². The summed E-state index contributed by atoms with van der Waals surface area (Å²) in [4.78, 5) is 12.0. The molecule has 0 N–H and O–H groups in total. The van der Waals surface area contributed by atoms with Gasteiger partial charge in [-0.15, -0.1) is 0 Å². The van der Waals surface area contributed by atoms with E-state index < -0.39 is 15.5 Å². The first-order valence-corrected chi connectivity index (χ1v) is 10.1. The van der Waals surface area contributed by atoms with E-state index in [1.54, 1.807) is 7.05 Å². The molecule has 1 aliphatic heterocycles. The summed E-state index contributed by atoms with van der Waals surface area (Å²) in [6.45, 7) is 2.37. The summed E-state index contributed by atoms with van der Waals surface area (Å²) in [5, 5.41) is -1.04. The van der Waals surface area contributed by atoms with E-state index in [2.05, 4.69) is 6.92 Å². The number of hydrogen-bond donors (Lipinski definition) is 0. The van der Waals surface area contributed by atoms with Crippen molar-refractivity contribution in [2.75, 3.05) is 13.6 Å². The molecule has 1 heterocycles. The number of quaternary nitrogens is 1. The number of rotatable bonds is 12. The summed E-state index contributed by atoms with van der Waals surface area (Å²) >= 11 is 0. The van der Waals surface area contributed by atoms with Crippen molar-refractivity contribution in [3.8, 4) is 0 Å². The molecule has 1 fully saturated rings. The predicted molar refractivity (Wildman–Crippen MR) is 86.0 cm³/mol. The minimum absolute atomic E-state index is 0. The minimum Gasteiger partial charge on any atom is -0.743 e. The van der Waals surface area contributed by atoms with Crippen LogP contribution in [-0.2, 0) is 14.9 Å². The van der Waals surface area contributed by atoms with Crippen LogP contribution in [0.1, 0.15) is 77.6 Å². The molecule has 0 aliphatic carbocycles. The molecule has 130 valence electrons. The summed E-state index contributed by atoms with van der Waals surface area (Å²) in [5.41, 5.74) is 0. The first kappa shape index (κ1) is 23.5. The summed E-state index contributed by atoms with van der Waals surface area (Å²) in [6, 6.07) is 0. The molecule has 0 saturated carbocycles. The van der Waals surface area contributed by atoms with E-state index in [9.17, 15) is 17.8 Å². The van der Waals surface area contributed by atoms with Gasteiger partial charge in [0.25, 0.3) is 0 Å². The SMILES string of the molecule is CCCCCCCCCCCCC(=O)[N+]1(C)CC1S(=O)(=O)[O-].[Na+]. The van der Waals surface area contributed by atoms with Gasteiger partial charge in [-0.2, -0.15) is 0 Å². The summed E-state index contributed by atoms with van der Waals surface area (Å²) in [5.74, 6) is -0.107. The van der Waals surface area contributed by atoms with Crippen molar-refractivity contribution in [1.29, 1.82) is 0 Å². The van der Waals surface area contributed by atoms with Gasteiger partial charge >= 0.3 is 35.5 Å². The van der Waals surface area contributed by atoms with Crippen LogP contribution in [0.2, 0.25) is 0 Å². The van der Waals surface area contributed by atoms with Crippen LogP contribution in [0, 0.1) is 0 Å². The van der Waals surface area contributed by atoms with Gasteiger partial charge in [0.1, 0.15) is 0 Å². The Bertz CT molecular complexity index is 455. The normalized spacial score (nSPS) is 23.3. The van der Waals surface area contributed by atoms with Crippen LogP contribution in [0.5, 0.6) is 0 Å². The van der Waals surface area contributed by atoms with Crippen LogP contribution < -0.4 is 29.6 Å². The predicted octanol–water partition coefficient (Wildman–Crippen LogP) is 0.160. The fraction of sp³-hybridized carbons (Fsp3) is 0.938. The van der Waals surface area contributed by atoms with Crippen molar-refractivity contribution in [3.63, 3.8) is 0 Å². The van der Waals surface area contributed by atoms with Crippen LogP contribution in [0.25, 0.3) is 0 Å². The van der Waals surface area contributed by atoms with Crippen LogP contribution in [0.4, 0.5) is 0 Å². The topological polar surface area (TPSA) is 74.3 Å². The molecular formula is C16H31NNaO4S+. The summed E-state index contributed by atoms with van der Waals surface area (Å²) in [7, 11) is -2.78. The van der Waals surface area contributed by atoms with Gasteiger partial charge in [-0.1, -0.05) is 64.7 Å². The van der Waals surface area contributed by atoms with E-state index in [0.29, 0.717) is 6.42 Å². The molecule has 1 saturated heterocycles. The Morgan fingerprint density at radius 3 is 1.83 bits per heavy atom. The van der Waals surface area contributed by atoms with E-state index >= 15 is 0 Å². The fourth-order valence-electron chi connectivity index (χ4n) is 2.94. The van der Waals surface area contributed by atoms with Crippen molar-refractivity contribution in [3.05, 3.63) is 0 Å². The van der Waals surface area contributed by atoms with Gasteiger partial charge in [0.2, 0.25) is 5.37 Å². The number of nitrogens with zero attached hydrogens (tertiary/aromatic N) is 1. The first-order valence-electron chi connectivity index (χ1n) is 8.65. The van der Waals surface area contributed by atoms with Crippen LogP contribution in [0.15, 0.2) is 0 Å². The molecule has 7 heteroatoms. The molecule has 1 aliphatic rings. The number of unbranched alkanes of at least 4 members (excludes halogenated alkanes) is 9. The molecule has 2 unspecified atom stereocenters. The Labute approximate surface area is 163 Å². The van der Waals surface area contributed by atoms with Gasteiger partial charge in [0.15, 0.2) is 16.7 Å². The Balaban J connectivity index is 0.00000484. The molecule has 23 heavy (non-hydrogen) atoms. The second-order valence-corrected chi connectivity index (χ2v) is 8.25. The van der Waals surface area contributed by atoms with Gasteiger partial charge in [-0.05, 0) is 6.42 Å². The molecule has 2 atom stereocenters. The van der Waals surface area contributed by atoms with Crippen molar-refractivity contribution >= 4 is 16.0 Å². The Morgan fingerprint density at radius 1 is 1.00 bits per heavy atom. The van der Waals surface area contributed by atoms with Gasteiger partial charge in [0.05, 0.1) is 13.5 Å². The summed E-state index contributed by atoms with van der Waals surface area (Å²) in [6.07, 6.45) is 12.4. The maximum Gasteiger partial charge on any atom is 1.00 e. The quantitative estimate of drug-likeness (QED) is 0.164. The van der Waals surface area contributed by atoms with E-state index in [1.165, 1.54) is 44.9 Å². The largest absolute Gasteiger partial charge is 1.00 e. The molecule has 5 nitrogen and oxygen atoms in total. The number of amides is 1. The molecule has 0 radical (unpaired) electrons. The standard InChI is InChI=1S/C16H31NO4S.Na/c1-3-4-5-6-7-8-9-10-11-12-13-15(18)17(2)14-16(17)22(19,20)21;/h16H,3-14H2,1-2H3;/q;+1. The van der Waals surface area contributed by atoms with Crippen LogP contribution in [-0.4, -0.2) is 42.3 Å². The Morgan fingerprint density at radius 2 is 1.43 bits per heavy atom. The third-order valence-corrected chi connectivity index (χ3v) is 5.97. The Kier molecular flexibility index (Phi) is 11.5. The zero-order valence-corrected chi connectivity index (χ0v) is 17.9. The van der Waals surface area contributed by atoms with E-state index in [4.69, 9.17) is 0 Å². The molecule has 1 amide bonds. The zero-order valence-electron chi connectivity index (χ0n) is 15.1. The molecule has 1 rings (SSSR count). The smallest absolute Gasteiger partial charge is 0.743 e. The third kappa shape index (κ3) is 8.45. The van der Waals surface area contributed by atoms with Gasteiger partial charge in [0, 0.05) is 0 Å². The Hall–Kier alpha value is 0.540. The summed E-state index contributed by atoms with van der Waals surface area (Å²) < 4.78 is 32.6. The minimum atomic E-state index is -4.33. The van der Waals surface area contributed by atoms with Gasteiger partial charge in [-0.3, -0.25) is 0 Å². The first-order chi connectivity index (χ1) is 10.3. The van der Waals surface area contributed by atoms with E-state index in [-0.39, 0.29) is 46.5 Å². The molecular weight excluding hydrogens is 325 g/mol. The van der Waals surface area contributed by atoms with Crippen molar-refractivity contribution in [2.45, 2.75) is 82.9 Å². The van der Waals surface area contributed by atoms with Crippen molar-refractivity contribution in [1.82, 2.24) is 0 Å². The second kappa shape index (κ2) is 11.2. The number of hydrogen-bond acceptors (Lipinski definition) is 4. The maximum atomic E-state index is 12.0. The molecule has 0 aromatic rings. The number of carbonyl (C=O) groups is 1. The molecule has 0 aromatic heterocycles. The molecule has 0 bridgehead atoms.